The topological polar surface area (TPSA) is 37.8 Å². The van der Waals surface area contributed by atoms with Crippen molar-refractivity contribution in [2.45, 2.75) is 13.0 Å². The van der Waals surface area contributed by atoms with Crippen LogP contribution in [-0.2, 0) is 0 Å². The average molecular weight is 270 g/mol. The highest BCUT2D eigenvalue weighted by Crippen LogP contribution is 2.22. The molecule has 2 aromatic rings. The zero-order valence-corrected chi connectivity index (χ0v) is 10.2. The molecule has 1 N–H and O–H groups in total. The molecule has 2 rings (SSSR count). The van der Waals surface area contributed by atoms with Crippen molar-refractivity contribution < 1.29 is 8.78 Å². The van der Waals surface area contributed by atoms with Gasteiger partial charge >= 0.3 is 0 Å². The number of nitrogens with one attached hydrogen (secondary N) is 1. The Balaban J connectivity index is 2.24. The first-order valence-corrected chi connectivity index (χ1v) is 5.64. The van der Waals surface area contributed by atoms with Gasteiger partial charge in [0.15, 0.2) is 11.6 Å². The lowest BCUT2D eigenvalue weighted by Gasteiger charge is -2.15. The molecule has 3 nitrogen and oxygen atoms in total. The summed E-state index contributed by atoms with van der Waals surface area (Å²) in [7, 11) is 0. The van der Waals surface area contributed by atoms with E-state index >= 15 is 0 Å². The van der Waals surface area contributed by atoms with Crippen molar-refractivity contribution in [3.05, 3.63) is 52.9 Å². The smallest absolute Gasteiger partial charge is 0.224 e. The number of hydrogen-bond acceptors (Lipinski definition) is 3. The third-order valence-corrected chi connectivity index (χ3v) is 2.62. The van der Waals surface area contributed by atoms with E-state index in [9.17, 15) is 8.78 Å². The number of anilines is 1. The van der Waals surface area contributed by atoms with E-state index in [-0.39, 0.29) is 16.9 Å². The predicted molar refractivity (Wildman–Crippen MR) is 65.4 cm³/mol. The van der Waals surface area contributed by atoms with Crippen LogP contribution in [0.3, 0.4) is 0 Å². The van der Waals surface area contributed by atoms with Crippen LogP contribution in [0.2, 0.25) is 5.28 Å². The third kappa shape index (κ3) is 2.73. The minimum atomic E-state index is -0.636. The normalized spacial score (nSPS) is 12.2. The standard InChI is InChI=1S/C12H10ClF2N3/c1-7(8-4-2-3-5-9(8)14)17-11-10(15)6-16-12(13)18-11/h2-7H,1H3,(H,16,17,18). The highest BCUT2D eigenvalue weighted by molar-refractivity contribution is 6.28. The van der Waals surface area contributed by atoms with Crippen molar-refractivity contribution >= 4 is 17.4 Å². The van der Waals surface area contributed by atoms with Crippen LogP contribution in [0.15, 0.2) is 30.5 Å². The van der Waals surface area contributed by atoms with Crippen molar-refractivity contribution in [2.24, 2.45) is 0 Å². The highest BCUT2D eigenvalue weighted by atomic mass is 35.5. The third-order valence-electron chi connectivity index (χ3n) is 2.44. The van der Waals surface area contributed by atoms with E-state index < -0.39 is 11.9 Å². The Hall–Kier alpha value is -1.75. The van der Waals surface area contributed by atoms with E-state index in [4.69, 9.17) is 11.6 Å². The molecule has 1 aromatic carbocycles. The maximum absolute atomic E-state index is 13.5. The molecule has 0 bridgehead atoms. The Bertz CT molecular complexity index is 563. The van der Waals surface area contributed by atoms with Gasteiger partial charge in [0, 0.05) is 5.56 Å². The van der Waals surface area contributed by atoms with Crippen molar-refractivity contribution in [3.63, 3.8) is 0 Å². The first-order chi connectivity index (χ1) is 8.58. The number of aromatic nitrogens is 2. The van der Waals surface area contributed by atoms with Gasteiger partial charge in [-0.15, -0.1) is 0 Å². The highest BCUT2D eigenvalue weighted by Gasteiger charge is 2.13. The molecular formula is C12H10ClF2N3. The Labute approximate surface area is 108 Å². The van der Waals surface area contributed by atoms with E-state index in [0.717, 1.165) is 6.20 Å². The van der Waals surface area contributed by atoms with Gasteiger partial charge in [0.25, 0.3) is 0 Å². The Morgan fingerprint density at radius 3 is 2.67 bits per heavy atom. The summed E-state index contributed by atoms with van der Waals surface area (Å²) in [5, 5.41) is 2.69. The van der Waals surface area contributed by atoms with Gasteiger partial charge in [-0.05, 0) is 24.6 Å². The molecule has 1 atom stereocenters. The Kier molecular flexibility index (Phi) is 3.72. The molecule has 0 aliphatic carbocycles. The van der Waals surface area contributed by atoms with Gasteiger partial charge in [-0.1, -0.05) is 18.2 Å². The molecule has 6 heteroatoms. The zero-order valence-electron chi connectivity index (χ0n) is 9.49. The molecule has 18 heavy (non-hydrogen) atoms. The van der Waals surface area contributed by atoms with Crippen molar-refractivity contribution in [2.75, 3.05) is 5.32 Å². The molecule has 1 aromatic heterocycles. The van der Waals surface area contributed by atoms with Gasteiger partial charge in [0.1, 0.15) is 5.82 Å². The lowest BCUT2D eigenvalue weighted by atomic mass is 10.1. The van der Waals surface area contributed by atoms with Crippen molar-refractivity contribution in [1.29, 1.82) is 0 Å². The number of hydrogen-bond donors (Lipinski definition) is 1. The quantitative estimate of drug-likeness (QED) is 0.866. The van der Waals surface area contributed by atoms with E-state index in [2.05, 4.69) is 15.3 Å². The molecule has 1 heterocycles. The fourth-order valence-electron chi connectivity index (χ4n) is 1.56. The largest absolute Gasteiger partial charge is 0.361 e. The second-order valence-corrected chi connectivity index (χ2v) is 4.06. The Morgan fingerprint density at radius 1 is 1.22 bits per heavy atom. The summed E-state index contributed by atoms with van der Waals surface area (Å²) in [6.07, 6.45) is 0.964. The molecule has 94 valence electrons. The first-order valence-electron chi connectivity index (χ1n) is 5.27. The summed E-state index contributed by atoms with van der Waals surface area (Å²) >= 11 is 5.57. The lowest BCUT2D eigenvalue weighted by molar-refractivity contribution is 0.592. The van der Waals surface area contributed by atoms with Crippen LogP contribution in [-0.4, -0.2) is 9.97 Å². The monoisotopic (exact) mass is 269 g/mol. The van der Waals surface area contributed by atoms with Gasteiger partial charge in [0.2, 0.25) is 5.28 Å². The summed E-state index contributed by atoms with van der Waals surface area (Å²) in [6, 6.07) is 5.82. The molecule has 0 aliphatic rings. The molecule has 0 aliphatic heterocycles. The fraction of sp³-hybridized carbons (Fsp3) is 0.167. The summed E-state index contributed by atoms with van der Waals surface area (Å²) in [6.45, 7) is 1.70. The number of nitrogens with zero attached hydrogens (tertiary/aromatic N) is 2. The van der Waals surface area contributed by atoms with Gasteiger partial charge in [-0.3, -0.25) is 0 Å². The SMILES string of the molecule is CC(Nc1nc(Cl)ncc1F)c1ccccc1F. The summed E-state index contributed by atoms with van der Waals surface area (Å²) in [4.78, 5) is 7.22. The van der Waals surface area contributed by atoms with Crippen LogP contribution in [0.5, 0.6) is 0 Å². The van der Waals surface area contributed by atoms with Crippen LogP contribution in [0.4, 0.5) is 14.6 Å². The minimum absolute atomic E-state index is 0.0502. The molecule has 0 saturated heterocycles. The lowest BCUT2D eigenvalue weighted by Crippen LogP contribution is -2.11. The van der Waals surface area contributed by atoms with Crippen LogP contribution < -0.4 is 5.32 Å². The molecule has 1 unspecified atom stereocenters. The molecular weight excluding hydrogens is 260 g/mol. The average Bonchev–Trinajstić information content (AvgIpc) is 2.34. The molecule has 0 spiro atoms. The van der Waals surface area contributed by atoms with Gasteiger partial charge in [-0.25, -0.2) is 13.8 Å². The van der Waals surface area contributed by atoms with Crippen LogP contribution in [0, 0.1) is 11.6 Å². The number of benzene rings is 1. The predicted octanol–water partition coefficient (Wildman–Crippen LogP) is 3.58. The van der Waals surface area contributed by atoms with Gasteiger partial charge < -0.3 is 5.32 Å². The summed E-state index contributed by atoms with van der Waals surface area (Å²) in [5.41, 5.74) is 0.423. The molecule has 0 amide bonds. The number of rotatable bonds is 3. The van der Waals surface area contributed by atoms with E-state index in [1.807, 2.05) is 0 Å². The second-order valence-electron chi connectivity index (χ2n) is 3.72. The maximum Gasteiger partial charge on any atom is 0.224 e. The second kappa shape index (κ2) is 5.27. The zero-order chi connectivity index (χ0) is 13.1. The first kappa shape index (κ1) is 12.7. The molecule has 0 radical (unpaired) electrons. The summed E-state index contributed by atoms with van der Waals surface area (Å²) in [5.74, 6) is -1.05. The molecule has 0 fully saturated rings. The number of halogens is 3. The van der Waals surface area contributed by atoms with Crippen molar-refractivity contribution in [3.8, 4) is 0 Å². The van der Waals surface area contributed by atoms with Gasteiger partial charge in [0.05, 0.1) is 12.2 Å². The fourth-order valence-corrected chi connectivity index (χ4v) is 1.69. The van der Waals surface area contributed by atoms with E-state index in [1.165, 1.54) is 6.07 Å². The van der Waals surface area contributed by atoms with E-state index in [1.54, 1.807) is 25.1 Å². The van der Waals surface area contributed by atoms with Crippen molar-refractivity contribution in [1.82, 2.24) is 9.97 Å². The van der Waals surface area contributed by atoms with E-state index in [0.29, 0.717) is 5.56 Å². The molecule has 0 saturated carbocycles. The maximum atomic E-state index is 13.5. The van der Waals surface area contributed by atoms with Crippen LogP contribution >= 0.6 is 11.6 Å². The van der Waals surface area contributed by atoms with Crippen LogP contribution in [0.25, 0.3) is 0 Å². The Morgan fingerprint density at radius 2 is 1.94 bits per heavy atom. The van der Waals surface area contributed by atoms with Gasteiger partial charge in [-0.2, -0.15) is 4.98 Å². The summed E-state index contributed by atoms with van der Waals surface area (Å²) < 4.78 is 26.9. The van der Waals surface area contributed by atoms with Crippen LogP contribution in [0.1, 0.15) is 18.5 Å². The minimum Gasteiger partial charge on any atom is -0.361 e.